The van der Waals surface area contributed by atoms with Crippen LogP contribution >= 0.6 is 0 Å². The highest BCUT2D eigenvalue weighted by molar-refractivity contribution is 4.86. The van der Waals surface area contributed by atoms with E-state index in [2.05, 4.69) is 0 Å². The second-order valence-electron chi connectivity index (χ2n) is 3.58. The second kappa shape index (κ2) is 5.20. The maximum atomic E-state index is 5.34. The van der Waals surface area contributed by atoms with Gasteiger partial charge in [0.2, 0.25) is 0 Å². The van der Waals surface area contributed by atoms with Crippen molar-refractivity contribution in [1.82, 2.24) is 0 Å². The van der Waals surface area contributed by atoms with E-state index in [0.717, 1.165) is 32.2 Å². The van der Waals surface area contributed by atoms with E-state index < -0.39 is 0 Å². The Morgan fingerprint density at radius 2 is 2.42 bits per heavy atom. The van der Waals surface area contributed by atoms with Crippen molar-refractivity contribution in [2.45, 2.75) is 26.7 Å². The molecule has 1 aliphatic heterocycles. The maximum Gasteiger partial charge on any atom is 0.0876 e. The van der Waals surface area contributed by atoms with Crippen LogP contribution in [0.15, 0.2) is 11.8 Å². The van der Waals surface area contributed by atoms with Gasteiger partial charge < -0.3 is 9.47 Å². The van der Waals surface area contributed by atoms with E-state index >= 15 is 0 Å². The predicted molar refractivity (Wildman–Crippen MR) is 48.9 cm³/mol. The summed E-state index contributed by atoms with van der Waals surface area (Å²) in [5.41, 5.74) is 1.22. The Bertz CT molecular complexity index is 142. The Morgan fingerprint density at radius 3 is 3.00 bits per heavy atom. The van der Waals surface area contributed by atoms with Gasteiger partial charge in [0.25, 0.3) is 0 Å². The third-order valence-corrected chi connectivity index (χ3v) is 1.99. The number of hydrogen-bond acceptors (Lipinski definition) is 2. The molecule has 2 heteroatoms. The van der Waals surface area contributed by atoms with Crippen LogP contribution in [0.5, 0.6) is 0 Å². The molecule has 1 aliphatic rings. The zero-order chi connectivity index (χ0) is 8.81. The smallest absolute Gasteiger partial charge is 0.0876 e. The zero-order valence-corrected chi connectivity index (χ0v) is 8.01. The molecule has 0 N–H and O–H groups in total. The van der Waals surface area contributed by atoms with Crippen LogP contribution < -0.4 is 0 Å². The third kappa shape index (κ3) is 3.77. The van der Waals surface area contributed by atoms with Gasteiger partial charge in [0.15, 0.2) is 0 Å². The minimum Gasteiger partial charge on any atom is -0.501 e. The van der Waals surface area contributed by atoms with Gasteiger partial charge in [-0.3, -0.25) is 0 Å². The quantitative estimate of drug-likeness (QED) is 0.476. The molecule has 0 aromatic rings. The largest absolute Gasteiger partial charge is 0.501 e. The molecule has 1 heterocycles. The first-order valence-electron chi connectivity index (χ1n) is 4.62. The Labute approximate surface area is 74.6 Å². The Kier molecular flexibility index (Phi) is 4.15. The lowest BCUT2D eigenvalue weighted by Gasteiger charge is -2.06. The van der Waals surface area contributed by atoms with Crippen molar-refractivity contribution in [2.75, 3.05) is 19.8 Å². The van der Waals surface area contributed by atoms with Gasteiger partial charge in [0, 0.05) is 13.2 Å². The molecule has 1 fully saturated rings. The predicted octanol–water partition coefficient (Wildman–Crippen LogP) is 2.35. The van der Waals surface area contributed by atoms with E-state index in [1.165, 1.54) is 12.0 Å². The molecule has 12 heavy (non-hydrogen) atoms. The van der Waals surface area contributed by atoms with Crippen LogP contribution in [0.4, 0.5) is 0 Å². The molecule has 1 rings (SSSR count). The normalized spacial score (nSPS) is 22.3. The van der Waals surface area contributed by atoms with Crippen molar-refractivity contribution in [3.8, 4) is 0 Å². The van der Waals surface area contributed by atoms with Gasteiger partial charge in [0.05, 0.1) is 12.9 Å². The molecule has 2 nitrogen and oxygen atoms in total. The van der Waals surface area contributed by atoms with Crippen LogP contribution in [-0.2, 0) is 9.47 Å². The van der Waals surface area contributed by atoms with Crippen molar-refractivity contribution in [3.63, 3.8) is 0 Å². The molecule has 0 aromatic carbocycles. The zero-order valence-electron chi connectivity index (χ0n) is 8.01. The second-order valence-corrected chi connectivity index (χ2v) is 3.58. The minimum absolute atomic E-state index is 0.732. The molecule has 0 aromatic heterocycles. The maximum absolute atomic E-state index is 5.34. The lowest BCUT2D eigenvalue weighted by atomic mass is 10.1. The molecule has 1 unspecified atom stereocenters. The minimum atomic E-state index is 0.732. The Balaban J connectivity index is 1.98. The van der Waals surface area contributed by atoms with Crippen LogP contribution in [-0.4, -0.2) is 19.8 Å². The van der Waals surface area contributed by atoms with Crippen LogP contribution in [0.2, 0.25) is 0 Å². The lowest BCUT2D eigenvalue weighted by Crippen LogP contribution is -2.02. The molecule has 0 spiro atoms. The standard InChI is InChI=1S/C10H18O2/c1-9(2)7-11-5-3-10-4-6-12-8-10/h7,10H,3-6,8H2,1-2H3. The van der Waals surface area contributed by atoms with E-state index in [1.807, 2.05) is 20.1 Å². The van der Waals surface area contributed by atoms with Crippen molar-refractivity contribution >= 4 is 0 Å². The Hall–Kier alpha value is -0.500. The fourth-order valence-corrected chi connectivity index (χ4v) is 1.27. The highest BCUT2D eigenvalue weighted by Crippen LogP contribution is 2.15. The number of allylic oxidation sites excluding steroid dienone is 1. The molecular formula is C10H18O2. The summed E-state index contributed by atoms with van der Waals surface area (Å²) < 4.78 is 10.6. The molecular weight excluding hydrogens is 152 g/mol. The van der Waals surface area contributed by atoms with Gasteiger partial charge in [-0.25, -0.2) is 0 Å². The molecule has 0 radical (unpaired) electrons. The molecule has 70 valence electrons. The summed E-state index contributed by atoms with van der Waals surface area (Å²) in [7, 11) is 0. The van der Waals surface area contributed by atoms with Crippen LogP contribution in [0.1, 0.15) is 26.7 Å². The van der Waals surface area contributed by atoms with E-state index in [1.54, 1.807) is 0 Å². The highest BCUT2D eigenvalue weighted by Gasteiger charge is 2.14. The van der Waals surface area contributed by atoms with Crippen LogP contribution in [0.3, 0.4) is 0 Å². The van der Waals surface area contributed by atoms with E-state index in [4.69, 9.17) is 9.47 Å². The Morgan fingerprint density at radius 1 is 1.58 bits per heavy atom. The SMILES string of the molecule is CC(C)=COCCC1CCOC1. The summed E-state index contributed by atoms with van der Waals surface area (Å²) in [5.74, 6) is 0.732. The van der Waals surface area contributed by atoms with Gasteiger partial charge in [0.1, 0.15) is 0 Å². The average Bonchev–Trinajstić information content (AvgIpc) is 2.49. The van der Waals surface area contributed by atoms with E-state index in [-0.39, 0.29) is 0 Å². The summed E-state index contributed by atoms with van der Waals surface area (Å²) in [4.78, 5) is 0. The lowest BCUT2D eigenvalue weighted by molar-refractivity contribution is 0.170. The first-order chi connectivity index (χ1) is 5.79. The van der Waals surface area contributed by atoms with Crippen molar-refractivity contribution in [1.29, 1.82) is 0 Å². The summed E-state index contributed by atoms with van der Waals surface area (Å²) in [6, 6.07) is 0. The van der Waals surface area contributed by atoms with Crippen LogP contribution in [0, 0.1) is 5.92 Å². The van der Waals surface area contributed by atoms with Crippen molar-refractivity contribution in [3.05, 3.63) is 11.8 Å². The first-order valence-corrected chi connectivity index (χ1v) is 4.62. The average molecular weight is 170 g/mol. The summed E-state index contributed by atoms with van der Waals surface area (Å²) >= 11 is 0. The third-order valence-electron chi connectivity index (χ3n) is 1.99. The summed E-state index contributed by atoms with van der Waals surface area (Å²) in [5, 5.41) is 0. The number of hydrogen-bond donors (Lipinski definition) is 0. The fourth-order valence-electron chi connectivity index (χ4n) is 1.27. The van der Waals surface area contributed by atoms with Gasteiger partial charge in [-0.2, -0.15) is 0 Å². The summed E-state index contributed by atoms with van der Waals surface area (Å²) in [6.07, 6.45) is 4.16. The van der Waals surface area contributed by atoms with Crippen molar-refractivity contribution < 1.29 is 9.47 Å². The van der Waals surface area contributed by atoms with Crippen molar-refractivity contribution in [2.24, 2.45) is 5.92 Å². The molecule has 0 saturated carbocycles. The fraction of sp³-hybridized carbons (Fsp3) is 0.800. The van der Waals surface area contributed by atoms with Gasteiger partial charge >= 0.3 is 0 Å². The molecule has 1 atom stereocenters. The number of ether oxygens (including phenoxy) is 2. The topological polar surface area (TPSA) is 18.5 Å². The summed E-state index contributed by atoms with van der Waals surface area (Å²) in [6.45, 7) is 6.78. The first kappa shape index (κ1) is 9.59. The molecule has 1 saturated heterocycles. The van der Waals surface area contributed by atoms with E-state index in [9.17, 15) is 0 Å². The van der Waals surface area contributed by atoms with E-state index in [0.29, 0.717) is 0 Å². The monoisotopic (exact) mass is 170 g/mol. The molecule has 0 amide bonds. The number of rotatable bonds is 4. The molecule has 0 aliphatic carbocycles. The highest BCUT2D eigenvalue weighted by atomic mass is 16.5. The van der Waals surface area contributed by atoms with Gasteiger partial charge in [-0.05, 0) is 38.2 Å². The van der Waals surface area contributed by atoms with Gasteiger partial charge in [-0.15, -0.1) is 0 Å². The molecule has 0 bridgehead atoms. The van der Waals surface area contributed by atoms with Gasteiger partial charge in [-0.1, -0.05) is 0 Å². The van der Waals surface area contributed by atoms with Crippen LogP contribution in [0.25, 0.3) is 0 Å².